The van der Waals surface area contributed by atoms with Crippen LogP contribution in [0.2, 0.25) is 0 Å². The summed E-state index contributed by atoms with van der Waals surface area (Å²) < 4.78 is 5.62. The molecule has 0 saturated heterocycles. The SMILES string of the molecule is COc1c(C2(CC(=O)O)CC2)ccc2c1CCN2C. The van der Waals surface area contributed by atoms with Crippen molar-refractivity contribution in [2.75, 3.05) is 25.6 Å². The van der Waals surface area contributed by atoms with Gasteiger partial charge in [-0.3, -0.25) is 4.79 Å². The van der Waals surface area contributed by atoms with Crippen LogP contribution < -0.4 is 9.64 Å². The third-order valence-electron chi connectivity index (χ3n) is 4.46. The largest absolute Gasteiger partial charge is 0.496 e. The molecule has 0 amide bonds. The number of fused-ring (bicyclic) bond motifs is 1. The maximum Gasteiger partial charge on any atom is 0.304 e. The van der Waals surface area contributed by atoms with Gasteiger partial charge in [-0.2, -0.15) is 0 Å². The minimum Gasteiger partial charge on any atom is -0.496 e. The lowest BCUT2D eigenvalue weighted by molar-refractivity contribution is -0.137. The summed E-state index contributed by atoms with van der Waals surface area (Å²) in [5, 5.41) is 9.10. The van der Waals surface area contributed by atoms with Crippen molar-refractivity contribution in [1.29, 1.82) is 0 Å². The van der Waals surface area contributed by atoms with Gasteiger partial charge in [0.1, 0.15) is 5.75 Å². The molecule has 1 aromatic carbocycles. The van der Waals surface area contributed by atoms with Gasteiger partial charge in [0.2, 0.25) is 0 Å². The van der Waals surface area contributed by atoms with Crippen molar-refractivity contribution in [2.24, 2.45) is 0 Å². The molecule has 1 saturated carbocycles. The maximum atomic E-state index is 11.1. The first-order valence-corrected chi connectivity index (χ1v) is 6.71. The molecule has 102 valence electrons. The molecule has 0 bridgehead atoms. The number of ether oxygens (including phenoxy) is 1. The topological polar surface area (TPSA) is 49.8 Å². The van der Waals surface area contributed by atoms with Gasteiger partial charge in [-0.15, -0.1) is 0 Å². The average molecular weight is 261 g/mol. The van der Waals surface area contributed by atoms with Gasteiger partial charge in [0.25, 0.3) is 0 Å². The summed E-state index contributed by atoms with van der Waals surface area (Å²) in [5.74, 6) is 0.192. The van der Waals surface area contributed by atoms with Crippen molar-refractivity contribution in [3.8, 4) is 5.75 Å². The van der Waals surface area contributed by atoms with E-state index in [4.69, 9.17) is 9.84 Å². The van der Waals surface area contributed by atoms with Crippen LogP contribution in [-0.2, 0) is 16.6 Å². The Balaban J connectivity index is 2.06. The summed E-state index contributed by atoms with van der Waals surface area (Å²) in [4.78, 5) is 13.3. The van der Waals surface area contributed by atoms with Gasteiger partial charge in [-0.1, -0.05) is 6.07 Å². The highest BCUT2D eigenvalue weighted by molar-refractivity contribution is 5.72. The highest BCUT2D eigenvalue weighted by atomic mass is 16.5. The minimum absolute atomic E-state index is 0.187. The van der Waals surface area contributed by atoms with Crippen molar-refractivity contribution in [3.05, 3.63) is 23.3 Å². The van der Waals surface area contributed by atoms with Crippen LogP contribution in [0.25, 0.3) is 0 Å². The number of carboxylic acid groups (broad SMARTS) is 1. The van der Waals surface area contributed by atoms with Crippen LogP contribution in [0.4, 0.5) is 5.69 Å². The summed E-state index contributed by atoms with van der Waals surface area (Å²) in [6.07, 6.45) is 3.08. The summed E-state index contributed by atoms with van der Waals surface area (Å²) in [6.45, 7) is 1.00. The molecule has 0 atom stereocenters. The summed E-state index contributed by atoms with van der Waals surface area (Å²) >= 11 is 0. The van der Waals surface area contributed by atoms with Gasteiger partial charge < -0.3 is 14.7 Å². The number of benzene rings is 1. The van der Waals surface area contributed by atoms with E-state index in [2.05, 4.69) is 24.1 Å². The van der Waals surface area contributed by atoms with E-state index in [9.17, 15) is 4.79 Å². The van der Waals surface area contributed by atoms with E-state index < -0.39 is 5.97 Å². The number of nitrogens with zero attached hydrogens (tertiary/aromatic N) is 1. The fourth-order valence-corrected chi connectivity index (χ4v) is 3.25. The van der Waals surface area contributed by atoms with E-state index in [-0.39, 0.29) is 11.8 Å². The predicted molar refractivity (Wildman–Crippen MR) is 73.1 cm³/mol. The fraction of sp³-hybridized carbons (Fsp3) is 0.533. The van der Waals surface area contributed by atoms with Crippen LogP contribution in [0, 0.1) is 0 Å². The number of rotatable bonds is 4. The third kappa shape index (κ3) is 1.86. The van der Waals surface area contributed by atoms with Crippen LogP contribution in [0.3, 0.4) is 0 Å². The van der Waals surface area contributed by atoms with Gasteiger partial charge in [-0.05, 0) is 25.3 Å². The molecule has 1 fully saturated rings. The standard InChI is InChI=1S/C15H19NO3/c1-16-8-5-10-12(16)4-3-11(14(10)19-2)15(6-7-15)9-13(17)18/h3-4H,5-9H2,1-2H3,(H,17,18). The molecule has 1 aromatic rings. The second kappa shape index (κ2) is 4.15. The minimum atomic E-state index is -0.725. The Morgan fingerprint density at radius 3 is 2.79 bits per heavy atom. The van der Waals surface area contributed by atoms with Gasteiger partial charge >= 0.3 is 5.97 Å². The van der Waals surface area contributed by atoms with E-state index in [1.54, 1.807) is 7.11 Å². The molecule has 0 unspecified atom stereocenters. The molecule has 19 heavy (non-hydrogen) atoms. The first-order valence-electron chi connectivity index (χ1n) is 6.71. The second-order valence-electron chi connectivity index (χ2n) is 5.67. The molecule has 1 N–H and O–H groups in total. The Kier molecular flexibility index (Phi) is 2.69. The highest BCUT2D eigenvalue weighted by Gasteiger charge is 2.48. The van der Waals surface area contributed by atoms with E-state index in [0.29, 0.717) is 0 Å². The normalized spacial score (nSPS) is 19.2. The molecule has 0 radical (unpaired) electrons. The lowest BCUT2D eigenvalue weighted by Crippen LogP contribution is -2.15. The Bertz CT molecular complexity index is 534. The summed E-state index contributed by atoms with van der Waals surface area (Å²) in [5.41, 5.74) is 3.35. The molecule has 4 nitrogen and oxygen atoms in total. The number of hydrogen-bond acceptors (Lipinski definition) is 3. The number of carboxylic acids is 1. The van der Waals surface area contributed by atoms with Crippen LogP contribution in [0.15, 0.2) is 12.1 Å². The molecule has 0 aromatic heterocycles. The van der Waals surface area contributed by atoms with E-state index in [1.807, 2.05) is 0 Å². The molecule has 3 rings (SSSR count). The van der Waals surface area contributed by atoms with Crippen molar-refractivity contribution in [3.63, 3.8) is 0 Å². The van der Waals surface area contributed by atoms with Crippen LogP contribution in [-0.4, -0.2) is 31.8 Å². The van der Waals surface area contributed by atoms with Gasteiger partial charge in [0.05, 0.1) is 13.5 Å². The lowest BCUT2D eigenvalue weighted by Gasteiger charge is -2.21. The Morgan fingerprint density at radius 2 is 2.21 bits per heavy atom. The van der Waals surface area contributed by atoms with Crippen LogP contribution in [0.1, 0.15) is 30.4 Å². The third-order valence-corrected chi connectivity index (χ3v) is 4.46. The van der Waals surface area contributed by atoms with Crippen molar-refractivity contribution in [2.45, 2.75) is 31.1 Å². The highest BCUT2D eigenvalue weighted by Crippen LogP contribution is 2.55. The molecule has 1 aliphatic carbocycles. The van der Waals surface area contributed by atoms with Crippen LogP contribution in [0.5, 0.6) is 5.75 Å². The molecule has 2 aliphatic rings. The number of aliphatic carboxylic acids is 1. The fourth-order valence-electron chi connectivity index (χ4n) is 3.25. The van der Waals surface area contributed by atoms with Crippen molar-refractivity contribution >= 4 is 11.7 Å². The lowest BCUT2D eigenvalue weighted by atomic mass is 9.89. The molecule has 0 spiro atoms. The number of hydrogen-bond donors (Lipinski definition) is 1. The number of methoxy groups -OCH3 is 1. The number of anilines is 1. The second-order valence-corrected chi connectivity index (χ2v) is 5.67. The summed E-state index contributed by atoms with van der Waals surface area (Å²) in [6, 6.07) is 4.18. The number of carbonyl (C=O) groups is 1. The smallest absolute Gasteiger partial charge is 0.304 e. The first-order chi connectivity index (χ1) is 9.07. The Labute approximate surface area is 113 Å². The maximum absolute atomic E-state index is 11.1. The zero-order chi connectivity index (χ0) is 13.6. The zero-order valence-corrected chi connectivity index (χ0v) is 11.4. The quantitative estimate of drug-likeness (QED) is 0.902. The van der Waals surface area contributed by atoms with Gasteiger partial charge in [0.15, 0.2) is 0 Å². The van der Waals surface area contributed by atoms with E-state index in [1.165, 1.54) is 11.3 Å². The van der Waals surface area contributed by atoms with Crippen molar-refractivity contribution in [1.82, 2.24) is 0 Å². The molecule has 1 heterocycles. The van der Waals surface area contributed by atoms with Crippen molar-refractivity contribution < 1.29 is 14.6 Å². The Hall–Kier alpha value is -1.71. The first kappa shape index (κ1) is 12.3. The average Bonchev–Trinajstić information content (AvgIpc) is 3.04. The zero-order valence-electron chi connectivity index (χ0n) is 11.4. The molecule has 1 aliphatic heterocycles. The van der Waals surface area contributed by atoms with Gasteiger partial charge in [-0.25, -0.2) is 0 Å². The Morgan fingerprint density at radius 1 is 1.47 bits per heavy atom. The van der Waals surface area contributed by atoms with E-state index in [0.717, 1.165) is 37.1 Å². The number of likely N-dealkylation sites (N-methyl/N-ethyl adjacent to an activating group) is 1. The molecular weight excluding hydrogens is 242 g/mol. The predicted octanol–water partition coefficient (Wildman–Crippen LogP) is 2.19. The van der Waals surface area contributed by atoms with Gasteiger partial charge in [0, 0.05) is 35.8 Å². The molecule has 4 heteroatoms. The van der Waals surface area contributed by atoms with E-state index >= 15 is 0 Å². The van der Waals surface area contributed by atoms with Crippen LogP contribution >= 0.6 is 0 Å². The molecular formula is C15H19NO3. The summed E-state index contributed by atoms with van der Waals surface area (Å²) in [7, 11) is 3.77. The monoisotopic (exact) mass is 261 g/mol.